The standard InChI is InChI=1S/C27H29N3O3S/c1-5-8-21-23(26(32)33-6-2)24(20-12-10-19(11-13-20)17(3)4)30-25(31)22(34-27(30)29-21)15-18-9-7-14-28-16-18/h7,9-17,24H,5-6,8H2,1-4H3/b22-15-/t24-/m0/s1. The Morgan fingerprint density at radius 1 is 1.21 bits per heavy atom. The van der Waals surface area contributed by atoms with E-state index >= 15 is 0 Å². The van der Waals surface area contributed by atoms with Crippen molar-refractivity contribution in [2.45, 2.75) is 52.5 Å². The predicted octanol–water partition coefficient (Wildman–Crippen LogP) is 4.10. The van der Waals surface area contributed by atoms with E-state index in [2.05, 4.69) is 37.9 Å². The second-order valence-electron chi connectivity index (χ2n) is 8.52. The molecule has 1 atom stereocenters. The lowest BCUT2D eigenvalue weighted by molar-refractivity contribution is -0.139. The Morgan fingerprint density at radius 2 is 1.97 bits per heavy atom. The van der Waals surface area contributed by atoms with Crippen molar-refractivity contribution in [2.24, 2.45) is 4.99 Å². The highest BCUT2D eigenvalue weighted by atomic mass is 32.1. The van der Waals surface area contributed by atoms with Crippen LogP contribution < -0.4 is 14.9 Å². The van der Waals surface area contributed by atoms with Crippen LogP contribution in [0.1, 0.15) is 69.2 Å². The highest BCUT2D eigenvalue weighted by molar-refractivity contribution is 7.07. The molecule has 0 radical (unpaired) electrons. The number of hydrogen-bond acceptors (Lipinski definition) is 6. The zero-order chi connectivity index (χ0) is 24.2. The predicted molar refractivity (Wildman–Crippen MR) is 134 cm³/mol. The van der Waals surface area contributed by atoms with Crippen molar-refractivity contribution in [1.29, 1.82) is 0 Å². The molecule has 3 heterocycles. The Kier molecular flexibility index (Phi) is 7.22. The number of nitrogens with zero attached hydrogens (tertiary/aromatic N) is 3. The van der Waals surface area contributed by atoms with E-state index in [1.807, 2.05) is 30.3 Å². The number of benzene rings is 1. The molecular formula is C27H29N3O3S. The molecule has 0 spiro atoms. The summed E-state index contributed by atoms with van der Waals surface area (Å²) in [6, 6.07) is 11.3. The van der Waals surface area contributed by atoms with Crippen molar-refractivity contribution < 1.29 is 9.53 Å². The lowest BCUT2D eigenvalue weighted by Crippen LogP contribution is -2.40. The first-order chi connectivity index (χ1) is 16.4. The quantitative estimate of drug-likeness (QED) is 0.483. The third-order valence-corrected chi connectivity index (χ3v) is 6.78. The molecule has 0 N–H and O–H groups in total. The highest BCUT2D eigenvalue weighted by Crippen LogP contribution is 2.33. The van der Waals surface area contributed by atoms with Gasteiger partial charge < -0.3 is 4.74 Å². The third-order valence-electron chi connectivity index (χ3n) is 5.79. The van der Waals surface area contributed by atoms with E-state index < -0.39 is 12.0 Å². The number of hydrogen-bond donors (Lipinski definition) is 0. The van der Waals surface area contributed by atoms with Crippen LogP contribution in [0, 0.1) is 0 Å². The molecular weight excluding hydrogens is 446 g/mol. The number of carbonyl (C=O) groups excluding carboxylic acids is 1. The van der Waals surface area contributed by atoms with E-state index in [9.17, 15) is 9.59 Å². The number of fused-ring (bicyclic) bond motifs is 1. The fourth-order valence-electron chi connectivity index (χ4n) is 4.11. The summed E-state index contributed by atoms with van der Waals surface area (Å²) in [5.74, 6) is -0.0413. The maximum atomic E-state index is 13.7. The maximum absolute atomic E-state index is 13.7. The second kappa shape index (κ2) is 10.3. The van der Waals surface area contributed by atoms with E-state index in [0.717, 1.165) is 17.5 Å². The fourth-order valence-corrected chi connectivity index (χ4v) is 5.13. The summed E-state index contributed by atoms with van der Waals surface area (Å²) >= 11 is 1.33. The molecule has 0 aliphatic carbocycles. The van der Waals surface area contributed by atoms with Crippen molar-refractivity contribution in [2.75, 3.05) is 6.61 Å². The molecule has 34 heavy (non-hydrogen) atoms. The zero-order valence-electron chi connectivity index (χ0n) is 19.9. The number of esters is 1. The van der Waals surface area contributed by atoms with Gasteiger partial charge in [-0.3, -0.25) is 14.3 Å². The van der Waals surface area contributed by atoms with E-state index in [4.69, 9.17) is 9.73 Å². The summed E-state index contributed by atoms with van der Waals surface area (Å²) in [4.78, 5) is 36.4. The Hall–Kier alpha value is -3.32. The van der Waals surface area contributed by atoms with Gasteiger partial charge >= 0.3 is 5.97 Å². The van der Waals surface area contributed by atoms with Gasteiger partial charge in [0.25, 0.3) is 5.56 Å². The molecule has 2 aromatic heterocycles. The molecule has 0 bridgehead atoms. The molecule has 0 saturated carbocycles. The molecule has 7 heteroatoms. The molecule has 1 aliphatic heterocycles. The van der Waals surface area contributed by atoms with E-state index in [-0.39, 0.29) is 12.2 Å². The van der Waals surface area contributed by atoms with Crippen molar-refractivity contribution >= 4 is 23.4 Å². The minimum absolute atomic E-state index is 0.178. The van der Waals surface area contributed by atoms with Gasteiger partial charge in [-0.2, -0.15) is 0 Å². The number of rotatable bonds is 7. The van der Waals surface area contributed by atoms with Crippen LogP contribution in [-0.4, -0.2) is 22.1 Å². The van der Waals surface area contributed by atoms with Crippen LogP contribution in [0.2, 0.25) is 0 Å². The molecule has 176 valence electrons. The second-order valence-corrected chi connectivity index (χ2v) is 9.53. The third kappa shape index (κ3) is 4.66. The van der Waals surface area contributed by atoms with Gasteiger partial charge in [0.05, 0.1) is 28.5 Å². The summed E-state index contributed by atoms with van der Waals surface area (Å²) in [6.45, 7) is 8.37. The number of carbonyl (C=O) groups is 1. The van der Waals surface area contributed by atoms with Crippen LogP contribution in [-0.2, 0) is 9.53 Å². The molecule has 3 aromatic rings. The van der Waals surface area contributed by atoms with Crippen LogP contribution in [0.4, 0.5) is 0 Å². The summed E-state index contributed by atoms with van der Waals surface area (Å²) < 4.78 is 7.64. The van der Waals surface area contributed by atoms with Crippen LogP contribution in [0.15, 0.2) is 69.8 Å². The molecule has 0 fully saturated rings. The largest absolute Gasteiger partial charge is 0.463 e. The topological polar surface area (TPSA) is 73.6 Å². The van der Waals surface area contributed by atoms with Gasteiger partial charge in [-0.05, 0) is 48.1 Å². The Morgan fingerprint density at radius 3 is 2.59 bits per heavy atom. The average Bonchev–Trinajstić information content (AvgIpc) is 3.14. The summed E-state index contributed by atoms with van der Waals surface area (Å²) in [5, 5.41) is 0. The van der Waals surface area contributed by atoms with Gasteiger partial charge in [0.15, 0.2) is 4.80 Å². The lowest BCUT2D eigenvalue weighted by atomic mass is 9.92. The first-order valence-corrected chi connectivity index (χ1v) is 12.5. The van der Waals surface area contributed by atoms with Crippen molar-refractivity contribution in [3.05, 3.63) is 96.4 Å². The minimum atomic E-state index is -0.589. The first-order valence-electron chi connectivity index (χ1n) is 11.7. The highest BCUT2D eigenvalue weighted by Gasteiger charge is 2.34. The lowest BCUT2D eigenvalue weighted by Gasteiger charge is -2.26. The fraction of sp³-hybridized carbons (Fsp3) is 0.333. The SMILES string of the molecule is CCCC1=C(C(=O)OCC)[C@H](c2ccc(C(C)C)cc2)n2c(s/c(=C\c3cccnc3)c2=O)=N1. The van der Waals surface area contributed by atoms with Gasteiger partial charge in [0, 0.05) is 12.4 Å². The number of aromatic nitrogens is 2. The Bertz CT molecular complexity index is 1380. The number of allylic oxidation sites excluding steroid dienone is 1. The minimum Gasteiger partial charge on any atom is -0.463 e. The molecule has 0 saturated heterocycles. The Labute approximate surface area is 203 Å². The van der Waals surface area contributed by atoms with Gasteiger partial charge in [0.2, 0.25) is 0 Å². The zero-order valence-corrected chi connectivity index (χ0v) is 20.8. The maximum Gasteiger partial charge on any atom is 0.338 e. The van der Waals surface area contributed by atoms with Crippen LogP contribution >= 0.6 is 11.3 Å². The molecule has 0 amide bonds. The van der Waals surface area contributed by atoms with Crippen LogP contribution in [0.5, 0.6) is 0 Å². The van der Waals surface area contributed by atoms with E-state index in [1.54, 1.807) is 23.9 Å². The van der Waals surface area contributed by atoms with Gasteiger partial charge in [0.1, 0.15) is 0 Å². The number of ether oxygens (including phenoxy) is 1. The van der Waals surface area contributed by atoms with Crippen molar-refractivity contribution in [3.8, 4) is 0 Å². The smallest absolute Gasteiger partial charge is 0.338 e. The summed E-state index contributed by atoms with van der Waals surface area (Å²) in [5.41, 5.74) is 3.86. The van der Waals surface area contributed by atoms with Gasteiger partial charge in [-0.15, -0.1) is 0 Å². The van der Waals surface area contributed by atoms with Crippen LogP contribution in [0.3, 0.4) is 0 Å². The first kappa shape index (κ1) is 23.8. The van der Waals surface area contributed by atoms with Crippen molar-refractivity contribution in [3.63, 3.8) is 0 Å². The summed E-state index contributed by atoms with van der Waals surface area (Å²) in [7, 11) is 0. The van der Waals surface area contributed by atoms with Gasteiger partial charge in [-0.25, -0.2) is 9.79 Å². The monoisotopic (exact) mass is 475 g/mol. The molecule has 4 rings (SSSR count). The molecule has 0 unspecified atom stereocenters. The molecule has 6 nitrogen and oxygen atoms in total. The number of pyridine rings is 1. The molecule has 1 aromatic carbocycles. The van der Waals surface area contributed by atoms with E-state index in [1.165, 1.54) is 16.9 Å². The van der Waals surface area contributed by atoms with E-state index in [0.29, 0.717) is 32.9 Å². The Balaban J connectivity index is 1.98. The normalized spacial score (nSPS) is 15.9. The molecule has 1 aliphatic rings. The average molecular weight is 476 g/mol. The number of thiazole rings is 1. The van der Waals surface area contributed by atoms with Crippen molar-refractivity contribution in [1.82, 2.24) is 9.55 Å². The van der Waals surface area contributed by atoms with Crippen LogP contribution in [0.25, 0.3) is 6.08 Å². The van der Waals surface area contributed by atoms with Gasteiger partial charge in [-0.1, -0.05) is 68.9 Å². The summed E-state index contributed by atoms with van der Waals surface area (Å²) in [6.07, 6.45) is 6.69.